The van der Waals surface area contributed by atoms with E-state index in [4.69, 9.17) is 18.5 Å². The van der Waals surface area contributed by atoms with E-state index in [0.29, 0.717) is 17.4 Å². The van der Waals surface area contributed by atoms with Crippen LogP contribution in [0.3, 0.4) is 0 Å². The van der Waals surface area contributed by atoms with Gasteiger partial charge in [-0.3, -0.25) is 18.6 Å². The Labute approximate surface area is 599 Å². The van der Waals surface area contributed by atoms with Crippen molar-refractivity contribution >= 4 is 19.8 Å². The molecule has 0 rings (SSSR count). The Morgan fingerprint density at radius 3 is 0.833 bits per heavy atom. The lowest BCUT2D eigenvalue weighted by Gasteiger charge is -2.24. The van der Waals surface area contributed by atoms with E-state index in [1.165, 1.54) is 379 Å². The molecule has 0 aromatic carbocycles. The monoisotopic (exact) mass is 1370 g/mol. The molecule has 10 heteroatoms. The highest BCUT2D eigenvalue weighted by Crippen LogP contribution is 2.43. The van der Waals surface area contributed by atoms with Gasteiger partial charge in [-0.15, -0.1) is 0 Å². The zero-order valence-electron chi connectivity index (χ0n) is 65.2. The van der Waals surface area contributed by atoms with E-state index in [0.717, 1.165) is 44.9 Å². The van der Waals surface area contributed by atoms with Crippen LogP contribution < -0.4 is 0 Å². The van der Waals surface area contributed by atoms with Gasteiger partial charge in [0.2, 0.25) is 0 Å². The van der Waals surface area contributed by atoms with Crippen LogP contribution in [0.1, 0.15) is 450 Å². The van der Waals surface area contributed by atoms with Gasteiger partial charge in [-0.05, 0) is 70.6 Å². The highest BCUT2D eigenvalue weighted by Gasteiger charge is 2.27. The second-order valence-electron chi connectivity index (χ2n) is 30.6. The number of likely N-dealkylation sites (N-methyl/N-ethyl adjacent to an activating group) is 1. The van der Waals surface area contributed by atoms with Crippen molar-refractivity contribution in [1.82, 2.24) is 0 Å². The van der Waals surface area contributed by atoms with Gasteiger partial charge >= 0.3 is 19.8 Å². The van der Waals surface area contributed by atoms with E-state index >= 15 is 0 Å². The molecule has 96 heavy (non-hydrogen) atoms. The third-order valence-corrected chi connectivity index (χ3v) is 20.6. The number of rotatable bonds is 81. The molecule has 0 aliphatic carbocycles. The van der Waals surface area contributed by atoms with Crippen LogP contribution in [0.5, 0.6) is 0 Å². The summed E-state index contributed by atoms with van der Waals surface area (Å²) in [5.41, 5.74) is 0. The Morgan fingerprint density at radius 1 is 0.323 bits per heavy atom. The summed E-state index contributed by atoms with van der Waals surface area (Å²) in [7, 11) is 1.51. The van der Waals surface area contributed by atoms with Crippen LogP contribution in [-0.4, -0.2) is 74.9 Å². The number of phosphoric acid groups is 1. The third kappa shape index (κ3) is 81.2. The summed E-state index contributed by atoms with van der Waals surface area (Å²) in [6, 6.07) is 0. The summed E-state index contributed by atoms with van der Waals surface area (Å²) in [6.07, 6.45) is 102. The van der Waals surface area contributed by atoms with E-state index in [9.17, 15) is 19.0 Å². The lowest BCUT2D eigenvalue weighted by Crippen LogP contribution is -2.37. The minimum Gasteiger partial charge on any atom is -0.462 e. The van der Waals surface area contributed by atoms with Gasteiger partial charge in [-0.1, -0.05) is 403 Å². The number of phosphoric ester groups is 1. The van der Waals surface area contributed by atoms with Gasteiger partial charge in [0, 0.05) is 12.8 Å². The fraction of sp³-hybridized carbons (Fsp3) is 0.907. The van der Waals surface area contributed by atoms with Crippen molar-refractivity contribution in [3.05, 3.63) is 36.5 Å². The summed E-state index contributed by atoms with van der Waals surface area (Å²) in [6.45, 7) is 4.51. The number of carbonyl (C=O) groups is 2. The van der Waals surface area contributed by atoms with Crippen LogP contribution in [-0.2, 0) is 32.7 Å². The number of carbonyl (C=O) groups excluding carboxylic acids is 2. The molecule has 1 N–H and O–H groups in total. The topological polar surface area (TPSA) is 108 Å². The standard InChI is InChI=1S/C86H166NO8P/c1-6-8-10-12-14-16-18-20-22-24-26-28-30-32-34-36-38-39-40-41-42-43-44-45-46-47-49-51-53-55-57-59-61-63-65-67-69-71-73-75-77-79-86(89)95-84(83-94-96(90,91)93-81-80-87(3,4)5)82-92-85(88)78-76-74-72-70-68-66-64-62-60-58-56-54-52-50-48-37-35-33-31-29-27-25-23-21-19-17-15-13-11-9-7-2/h18,20,24-27,84H,6-17,19,21-23,28-83H2,1-5H3/p+1/b20-18-,26-24-,27-25-. The quantitative estimate of drug-likeness (QED) is 0.0211. The van der Waals surface area contributed by atoms with Crippen molar-refractivity contribution in [2.45, 2.75) is 457 Å². The first kappa shape index (κ1) is 94.2. The summed E-state index contributed by atoms with van der Waals surface area (Å²) in [4.78, 5) is 36.0. The average molecular weight is 1370 g/mol. The third-order valence-electron chi connectivity index (χ3n) is 19.6. The second kappa shape index (κ2) is 77.4. The van der Waals surface area contributed by atoms with Crippen molar-refractivity contribution < 1.29 is 42.1 Å². The minimum absolute atomic E-state index is 0.0358. The number of quaternary nitrogens is 1. The molecule has 0 aromatic heterocycles. The molecule has 0 saturated carbocycles. The van der Waals surface area contributed by atoms with Crippen LogP contribution in [0.15, 0.2) is 36.5 Å². The molecule has 0 amide bonds. The van der Waals surface area contributed by atoms with E-state index < -0.39 is 26.5 Å². The highest BCUT2D eigenvalue weighted by atomic mass is 31.2. The molecule has 0 aliphatic rings. The number of allylic oxidation sites excluding steroid dienone is 6. The van der Waals surface area contributed by atoms with Crippen LogP contribution >= 0.6 is 7.82 Å². The van der Waals surface area contributed by atoms with E-state index in [1.54, 1.807) is 0 Å². The Bertz CT molecular complexity index is 1710. The number of hydrogen-bond acceptors (Lipinski definition) is 7. The van der Waals surface area contributed by atoms with Crippen LogP contribution in [0, 0.1) is 0 Å². The number of esters is 2. The highest BCUT2D eigenvalue weighted by molar-refractivity contribution is 7.47. The fourth-order valence-corrected chi connectivity index (χ4v) is 13.9. The SMILES string of the molecule is CCCCCCC/C=C\C/C=C\CCCCCCCCCCCCCCCCCCCCCCCCCCCCCCCC(=O)OC(COC(=O)CCCCCCCCCCCCCCCCCCCCC/C=C\CCCCCCCCCC)COP(=O)(O)OCC[N+](C)(C)C. The molecular weight excluding hydrogens is 1210 g/mol. The Hall–Kier alpha value is -1.77. The number of hydrogen-bond donors (Lipinski definition) is 1. The molecule has 568 valence electrons. The van der Waals surface area contributed by atoms with Gasteiger partial charge in [-0.25, -0.2) is 4.57 Å². The van der Waals surface area contributed by atoms with Crippen LogP contribution in [0.25, 0.3) is 0 Å². The van der Waals surface area contributed by atoms with E-state index in [1.807, 2.05) is 21.1 Å². The smallest absolute Gasteiger partial charge is 0.462 e. The van der Waals surface area contributed by atoms with Gasteiger partial charge in [-0.2, -0.15) is 0 Å². The van der Waals surface area contributed by atoms with Crippen molar-refractivity contribution in [3.8, 4) is 0 Å². The summed E-state index contributed by atoms with van der Waals surface area (Å²) in [5.74, 6) is -0.769. The molecule has 0 radical (unpaired) electrons. The molecule has 2 atom stereocenters. The summed E-state index contributed by atoms with van der Waals surface area (Å²) in [5, 5.41) is 0. The van der Waals surface area contributed by atoms with E-state index in [-0.39, 0.29) is 25.6 Å². The van der Waals surface area contributed by atoms with Crippen molar-refractivity contribution in [2.24, 2.45) is 0 Å². The molecule has 9 nitrogen and oxygen atoms in total. The predicted octanol–water partition coefficient (Wildman–Crippen LogP) is 28.5. The maximum Gasteiger partial charge on any atom is 0.472 e. The predicted molar refractivity (Wildman–Crippen MR) is 418 cm³/mol. The van der Waals surface area contributed by atoms with Gasteiger partial charge in [0.25, 0.3) is 0 Å². The average Bonchev–Trinajstić information content (AvgIpc) is 2.54. The van der Waals surface area contributed by atoms with Gasteiger partial charge < -0.3 is 18.9 Å². The number of ether oxygens (including phenoxy) is 2. The lowest BCUT2D eigenvalue weighted by molar-refractivity contribution is -0.870. The fourth-order valence-electron chi connectivity index (χ4n) is 13.1. The molecule has 2 unspecified atom stereocenters. The first-order chi connectivity index (χ1) is 47.0. The van der Waals surface area contributed by atoms with Gasteiger partial charge in [0.1, 0.15) is 19.8 Å². The maximum absolute atomic E-state index is 12.9. The summed E-state index contributed by atoms with van der Waals surface area (Å²) < 4.78 is 34.9. The Morgan fingerprint density at radius 2 is 0.562 bits per heavy atom. The zero-order chi connectivity index (χ0) is 69.7. The van der Waals surface area contributed by atoms with Crippen molar-refractivity contribution in [3.63, 3.8) is 0 Å². The molecule has 0 aliphatic heterocycles. The van der Waals surface area contributed by atoms with Crippen molar-refractivity contribution in [1.29, 1.82) is 0 Å². The molecule has 0 bridgehead atoms. The van der Waals surface area contributed by atoms with E-state index in [2.05, 4.69) is 50.3 Å². The molecule has 0 heterocycles. The van der Waals surface area contributed by atoms with Crippen LogP contribution in [0.2, 0.25) is 0 Å². The molecule has 0 spiro atoms. The van der Waals surface area contributed by atoms with Gasteiger partial charge in [0.05, 0.1) is 27.7 Å². The van der Waals surface area contributed by atoms with Gasteiger partial charge in [0.15, 0.2) is 6.10 Å². The number of nitrogens with zero attached hydrogens (tertiary/aromatic N) is 1. The van der Waals surface area contributed by atoms with Crippen molar-refractivity contribution in [2.75, 3.05) is 47.5 Å². The van der Waals surface area contributed by atoms with Crippen LogP contribution in [0.4, 0.5) is 0 Å². The zero-order valence-corrected chi connectivity index (χ0v) is 66.0. The summed E-state index contributed by atoms with van der Waals surface area (Å²) >= 11 is 0. The second-order valence-corrected chi connectivity index (χ2v) is 32.0. The molecular formula is C86H167NO8P+. The largest absolute Gasteiger partial charge is 0.472 e. The number of unbranched alkanes of at least 4 members (excludes halogenated alkanes) is 61. The lowest BCUT2D eigenvalue weighted by atomic mass is 10.0. The maximum atomic E-state index is 12.9. The normalized spacial score (nSPS) is 13.1. The first-order valence-electron chi connectivity index (χ1n) is 42.7. The first-order valence-corrected chi connectivity index (χ1v) is 44.2. The minimum atomic E-state index is -4.39. The molecule has 0 aromatic rings. The Balaban J connectivity index is 3.85. The molecule has 0 fully saturated rings. The Kier molecular flexibility index (Phi) is 76.0. The molecule has 0 saturated heterocycles.